The molecule has 16 heavy (non-hydrogen) atoms. The van der Waals surface area contributed by atoms with Crippen LogP contribution in [-0.2, 0) is 6.42 Å². The molecule has 0 aliphatic heterocycles. The highest BCUT2D eigenvalue weighted by atomic mass is 32.1. The molecule has 2 rings (SSSR count). The first-order valence-corrected chi connectivity index (χ1v) is 5.76. The summed E-state index contributed by atoms with van der Waals surface area (Å²) in [4.78, 5) is 15.1. The normalized spacial score (nSPS) is 10.3. The highest BCUT2D eigenvalue weighted by Crippen LogP contribution is 2.16. The Labute approximate surface area is 97.4 Å². The molecule has 0 bridgehead atoms. The number of carboxylic acid groups (broad SMARTS) is 1. The molecule has 0 unspecified atom stereocenters. The average Bonchev–Trinajstić information content (AvgIpc) is 2.73. The summed E-state index contributed by atoms with van der Waals surface area (Å²) < 4.78 is 0. The minimum absolute atomic E-state index is 0.369. The molecule has 0 atom stereocenters. The van der Waals surface area contributed by atoms with Gasteiger partial charge in [-0.15, -0.1) is 11.3 Å². The van der Waals surface area contributed by atoms with Gasteiger partial charge in [-0.25, -0.2) is 9.78 Å². The lowest BCUT2D eigenvalue weighted by Gasteiger charge is -2.03. The number of benzene rings is 1. The van der Waals surface area contributed by atoms with E-state index in [4.69, 9.17) is 5.11 Å². The molecule has 3 nitrogen and oxygen atoms in total. The number of carboxylic acids is 1. The zero-order valence-corrected chi connectivity index (χ0v) is 9.62. The topological polar surface area (TPSA) is 50.2 Å². The molecule has 4 heteroatoms. The van der Waals surface area contributed by atoms with Gasteiger partial charge in [-0.2, -0.15) is 0 Å². The third-order valence-electron chi connectivity index (χ3n) is 2.37. The molecule has 0 spiro atoms. The Kier molecular flexibility index (Phi) is 3.01. The zero-order valence-electron chi connectivity index (χ0n) is 8.80. The van der Waals surface area contributed by atoms with Crippen molar-refractivity contribution in [3.8, 4) is 0 Å². The largest absolute Gasteiger partial charge is 0.478 e. The van der Waals surface area contributed by atoms with E-state index < -0.39 is 5.97 Å². The predicted molar refractivity (Wildman–Crippen MR) is 63.1 cm³/mol. The standard InChI is InChI=1S/C12H11NO2S/c1-8-2-3-9(6-10(8)12(14)15)7-11-13-4-5-16-11/h2-6H,7H2,1H3,(H,14,15). The molecule has 1 aromatic carbocycles. The van der Waals surface area contributed by atoms with E-state index in [-0.39, 0.29) is 0 Å². The summed E-state index contributed by atoms with van der Waals surface area (Å²) in [6.07, 6.45) is 2.45. The van der Waals surface area contributed by atoms with Crippen LogP contribution >= 0.6 is 11.3 Å². The number of rotatable bonds is 3. The molecule has 0 fully saturated rings. The van der Waals surface area contributed by atoms with E-state index in [0.29, 0.717) is 12.0 Å². The molecular formula is C12H11NO2S. The van der Waals surface area contributed by atoms with Crippen molar-refractivity contribution in [2.75, 3.05) is 0 Å². The fraction of sp³-hybridized carbons (Fsp3) is 0.167. The average molecular weight is 233 g/mol. The van der Waals surface area contributed by atoms with Crippen LogP contribution in [0.4, 0.5) is 0 Å². The van der Waals surface area contributed by atoms with E-state index in [1.54, 1.807) is 30.5 Å². The van der Waals surface area contributed by atoms with E-state index in [0.717, 1.165) is 16.1 Å². The second-order valence-corrected chi connectivity index (χ2v) is 4.54. The molecule has 2 aromatic rings. The van der Waals surface area contributed by atoms with Crippen LogP contribution in [0.25, 0.3) is 0 Å². The van der Waals surface area contributed by atoms with Crippen LogP contribution in [0.5, 0.6) is 0 Å². The van der Waals surface area contributed by atoms with Crippen molar-refractivity contribution in [3.63, 3.8) is 0 Å². The molecular weight excluding hydrogens is 222 g/mol. The molecule has 0 aliphatic carbocycles. The number of nitrogens with zero attached hydrogens (tertiary/aromatic N) is 1. The van der Waals surface area contributed by atoms with E-state index in [9.17, 15) is 4.79 Å². The Morgan fingerprint density at radius 1 is 1.50 bits per heavy atom. The minimum Gasteiger partial charge on any atom is -0.478 e. The summed E-state index contributed by atoms with van der Waals surface area (Å²) in [6.45, 7) is 1.80. The summed E-state index contributed by atoms with van der Waals surface area (Å²) in [5.74, 6) is -0.876. The maximum Gasteiger partial charge on any atom is 0.335 e. The van der Waals surface area contributed by atoms with Crippen LogP contribution in [0.15, 0.2) is 29.8 Å². The van der Waals surface area contributed by atoms with Crippen LogP contribution in [0.2, 0.25) is 0 Å². The molecule has 82 valence electrons. The van der Waals surface area contributed by atoms with Gasteiger partial charge in [0.2, 0.25) is 0 Å². The van der Waals surface area contributed by atoms with Crippen LogP contribution in [-0.4, -0.2) is 16.1 Å². The van der Waals surface area contributed by atoms with Crippen molar-refractivity contribution in [1.82, 2.24) is 4.98 Å². The highest BCUT2D eigenvalue weighted by Gasteiger charge is 2.08. The molecule has 0 radical (unpaired) electrons. The Balaban J connectivity index is 2.29. The van der Waals surface area contributed by atoms with Crippen molar-refractivity contribution in [1.29, 1.82) is 0 Å². The first kappa shape index (κ1) is 10.8. The number of aromatic carboxylic acids is 1. The van der Waals surface area contributed by atoms with Crippen LogP contribution in [0.1, 0.15) is 26.5 Å². The molecule has 0 saturated heterocycles. The van der Waals surface area contributed by atoms with Gasteiger partial charge in [-0.3, -0.25) is 0 Å². The molecule has 1 aromatic heterocycles. The number of hydrogen-bond acceptors (Lipinski definition) is 3. The number of aromatic nitrogens is 1. The van der Waals surface area contributed by atoms with Crippen molar-refractivity contribution in [3.05, 3.63) is 51.5 Å². The number of aryl methyl sites for hydroxylation is 1. The monoisotopic (exact) mass is 233 g/mol. The fourth-order valence-electron chi connectivity index (χ4n) is 1.52. The summed E-state index contributed by atoms with van der Waals surface area (Å²) in [5.41, 5.74) is 2.14. The molecule has 0 amide bonds. The van der Waals surface area contributed by atoms with Crippen LogP contribution in [0.3, 0.4) is 0 Å². The first-order chi connectivity index (χ1) is 7.66. The Morgan fingerprint density at radius 3 is 2.94 bits per heavy atom. The van der Waals surface area contributed by atoms with Crippen LogP contribution < -0.4 is 0 Å². The summed E-state index contributed by atoms with van der Waals surface area (Å²) in [5, 5.41) is 11.9. The van der Waals surface area contributed by atoms with Crippen LogP contribution in [0, 0.1) is 6.92 Å². The third kappa shape index (κ3) is 2.28. The van der Waals surface area contributed by atoms with Gasteiger partial charge >= 0.3 is 5.97 Å². The van der Waals surface area contributed by atoms with Crippen molar-refractivity contribution < 1.29 is 9.90 Å². The second kappa shape index (κ2) is 4.45. The number of thiazole rings is 1. The summed E-state index contributed by atoms with van der Waals surface area (Å²) in [7, 11) is 0. The Bertz CT molecular complexity index is 506. The van der Waals surface area contributed by atoms with E-state index in [2.05, 4.69) is 4.98 Å². The van der Waals surface area contributed by atoms with Gasteiger partial charge in [0.15, 0.2) is 0 Å². The SMILES string of the molecule is Cc1ccc(Cc2nccs2)cc1C(=O)O. The second-order valence-electron chi connectivity index (χ2n) is 3.56. The number of hydrogen-bond donors (Lipinski definition) is 1. The Hall–Kier alpha value is -1.68. The smallest absolute Gasteiger partial charge is 0.335 e. The van der Waals surface area contributed by atoms with E-state index in [1.165, 1.54) is 0 Å². The molecule has 0 aliphatic rings. The van der Waals surface area contributed by atoms with Gasteiger partial charge in [0.05, 0.1) is 10.6 Å². The lowest BCUT2D eigenvalue weighted by molar-refractivity contribution is 0.0696. The number of carbonyl (C=O) groups is 1. The zero-order chi connectivity index (χ0) is 11.5. The molecule has 1 heterocycles. The van der Waals surface area contributed by atoms with Crippen molar-refractivity contribution in [2.24, 2.45) is 0 Å². The van der Waals surface area contributed by atoms with Gasteiger partial charge in [0.25, 0.3) is 0 Å². The molecule has 1 N–H and O–H groups in total. The lowest BCUT2D eigenvalue weighted by Crippen LogP contribution is -2.01. The summed E-state index contributed by atoms with van der Waals surface area (Å²) >= 11 is 1.58. The van der Waals surface area contributed by atoms with Gasteiger partial charge < -0.3 is 5.11 Å². The highest BCUT2D eigenvalue weighted by molar-refractivity contribution is 7.09. The van der Waals surface area contributed by atoms with Gasteiger partial charge in [-0.1, -0.05) is 12.1 Å². The predicted octanol–water partition coefficient (Wildman–Crippen LogP) is 2.74. The van der Waals surface area contributed by atoms with Crippen molar-refractivity contribution in [2.45, 2.75) is 13.3 Å². The van der Waals surface area contributed by atoms with Gasteiger partial charge in [-0.05, 0) is 24.1 Å². The van der Waals surface area contributed by atoms with E-state index >= 15 is 0 Å². The van der Waals surface area contributed by atoms with Gasteiger partial charge in [0.1, 0.15) is 0 Å². The van der Waals surface area contributed by atoms with E-state index in [1.807, 2.05) is 17.5 Å². The lowest BCUT2D eigenvalue weighted by atomic mass is 10.0. The first-order valence-electron chi connectivity index (χ1n) is 4.88. The third-order valence-corrected chi connectivity index (χ3v) is 3.15. The summed E-state index contributed by atoms with van der Waals surface area (Å²) in [6, 6.07) is 5.51. The van der Waals surface area contributed by atoms with Crippen molar-refractivity contribution >= 4 is 17.3 Å². The maximum absolute atomic E-state index is 11.0. The quantitative estimate of drug-likeness (QED) is 0.886. The molecule has 0 saturated carbocycles. The van der Waals surface area contributed by atoms with Gasteiger partial charge in [0, 0.05) is 18.0 Å². The fourth-order valence-corrected chi connectivity index (χ4v) is 2.17. The minimum atomic E-state index is -0.876. The Morgan fingerprint density at radius 2 is 2.31 bits per heavy atom. The maximum atomic E-state index is 11.0.